The van der Waals surface area contributed by atoms with Gasteiger partial charge in [0.1, 0.15) is 5.75 Å². The predicted molar refractivity (Wildman–Crippen MR) is 109 cm³/mol. The summed E-state index contributed by atoms with van der Waals surface area (Å²) < 4.78 is 11.0. The molecule has 0 unspecified atom stereocenters. The summed E-state index contributed by atoms with van der Waals surface area (Å²) in [6, 6.07) is 12.7. The molecule has 0 spiro atoms. The van der Waals surface area contributed by atoms with Crippen LogP contribution in [0.15, 0.2) is 42.5 Å². The molecule has 2 aromatic rings. The van der Waals surface area contributed by atoms with Crippen molar-refractivity contribution in [3.05, 3.63) is 53.6 Å². The molecule has 0 aromatic heterocycles. The summed E-state index contributed by atoms with van der Waals surface area (Å²) in [5.74, 6) is -0.927. The van der Waals surface area contributed by atoms with Gasteiger partial charge in [-0.3, -0.25) is 9.59 Å². The van der Waals surface area contributed by atoms with E-state index in [1.54, 1.807) is 24.3 Å². The number of amides is 2. The molecule has 0 aliphatic carbocycles. The molecular weight excluding hydrogens is 372 g/mol. The number of para-hydroxylation sites is 2. The van der Waals surface area contributed by atoms with Crippen LogP contribution in [0.2, 0.25) is 0 Å². The van der Waals surface area contributed by atoms with Gasteiger partial charge in [0.25, 0.3) is 5.91 Å². The van der Waals surface area contributed by atoms with Gasteiger partial charge in [-0.2, -0.15) is 0 Å². The Morgan fingerprint density at radius 1 is 1.17 bits per heavy atom. The van der Waals surface area contributed by atoms with E-state index in [0.717, 1.165) is 11.1 Å². The Morgan fingerprint density at radius 2 is 1.90 bits per heavy atom. The average Bonchev–Trinajstić information content (AvgIpc) is 2.69. The minimum absolute atomic E-state index is 0.0243. The van der Waals surface area contributed by atoms with Gasteiger partial charge in [-0.05, 0) is 50.1 Å². The monoisotopic (exact) mass is 396 g/mol. The van der Waals surface area contributed by atoms with E-state index in [1.165, 1.54) is 18.7 Å². The normalized spacial score (nSPS) is 16.3. The molecule has 0 saturated heterocycles. The first-order valence-corrected chi connectivity index (χ1v) is 9.38. The topological polar surface area (TPSA) is 84.9 Å². The van der Waals surface area contributed by atoms with Crippen molar-refractivity contribution in [1.82, 2.24) is 0 Å². The summed E-state index contributed by atoms with van der Waals surface area (Å²) in [6.07, 6.45) is -2.03. The Hall–Kier alpha value is -3.35. The second kappa shape index (κ2) is 8.34. The lowest BCUT2D eigenvalue weighted by atomic mass is 10.1. The maximum atomic E-state index is 12.6. The maximum absolute atomic E-state index is 12.6. The Balaban J connectivity index is 1.67. The van der Waals surface area contributed by atoms with Crippen LogP contribution < -0.4 is 15.0 Å². The quantitative estimate of drug-likeness (QED) is 0.803. The fourth-order valence-corrected chi connectivity index (χ4v) is 3.06. The number of nitrogens with zero attached hydrogens (tertiary/aromatic N) is 1. The van der Waals surface area contributed by atoms with E-state index in [0.29, 0.717) is 17.1 Å². The van der Waals surface area contributed by atoms with Gasteiger partial charge in [-0.25, -0.2) is 4.79 Å². The van der Waals surface area contributed by atoms with Crippen LogP contribution in [-0.2, 0) is 19.1 Å². The number of hydrogen-bond donors (Lipinski definition) is 1. The summed E-state index contributed by atoms with van der Waals surface area (Å²) in [7, 11) is 0. The largest absolute Gasteiger partial charge is 0.475 e. The van der Waals surface area contributed by atoms with Crippen molar-refractivity contribution in [3.63, 3.8) is 0 Å². The van der Waals surface area contributed by atoms with Crippen LogP contribution >= 0.6 is 0 Å². The number of nitrogens with one attached hydrogen (secondary N) is 1. The molecule has 0 fully saturated rings. The smallest absolute Gasteiger partial charge is 0.350 e. The molecule has 1 heterocycles. The van der Waals surface area contributed by atoms with Gasteiger partial charge in [-0.15, -0.1) is 0 Å². The van der Waals surface area contributed by atoms with Crippen LogP contribution in [-0.4, -0.2) is 36.5 Å². The van der Waals surface area contributed by atoms with Crippen molar-refractivity contribution in [2.45, 2.75) is 39.9 Å². The Bertz CT molecular complexity index is 956. The number of carbonyl (C=O) groups is 3. The molecule has 7 nitrogen and oxygen atoms in total. The highest BCUT2D eigenvalue weighted by molar-refractivity contribution is 5.97. The van der Waals surface area contributed by atoms with E-state index in [2.05, 4.69) is 5.32 Å². The Labute approximate surface area is 169 Å². The zero-order valence-electron chi connectivity index (χ0n) is 16.9. The van der Waals surface area contributed by atoms with Gasteiger partial charge in [0.05, 0.1) is 12.2 Å². The fraction of sp³-hybridized carbons (Fsp3) is 0.318. The SMILES string of the molecule is CC(=O)N1C[C@@H](C(=O)O[C@H](C)C(=O)Nc2cc(C)ccc2C)Oc2ccccc21. The van der Waals surface area contributed by atoms with E-state index in [4.69, 9.17) is 9.47 Å². The molecule has 1 aliphatic rings. The van der Waals surface area contributed by atoms with E-state index < -0.39 is 24.1 Å². The third kappa shape index (κ3) is 4.56. The van der Waals surface area contributed by atoms with E-state index in [-0.39, 0.29) is 12.5 Å². The summed E-state index contributed by atoms with van der Waals surface area (Å²) in [6.45, 7) is 6.76. The van der Waals surface area contributed by atoms with Gasteiger partial charge < -0.3 is 19.7 Å². The minimum atomic E-state index is -1.02. The molecule has 152 valence electrons. The summed E-state index contributed by atoms with van der Waals surface area (Å²) in [5, 5.41) is 2.78. The van der Waals surface area contributed by atoms with Crippen molar-refractivity contribution in [2.24, 2.45) is 0 Å². The number of fused-ring (bicyclic) bond motifs is 1. The molecule has 1 aliphatic heterocycles. The second-order valence-electron chi connectivity index (χ2n) is 7.09. The van der Waals surface area contributed by atoms with Crippen LogP contribution in [0, 0.1) is 13.8 Å². The van der Waals surface area contributed by atoms with Crippen molar-refractivity contribution < 1.29 is 23.9 Å². The molecule has 29 heavy (non-hydrogen) atoms. The highest BCUT2D eigenvalue weighted by atomic mass is 16.6. The summed E-state index contributed by atoms with van der Waals surface area (Å²) >= 11 is 0. The maximum Gasteiger partial charge on any atom is 0.350 e. The van der Waals surface area contributed by atoms with Gasteiger partial charge in [0.15, 0.2) is 6.10 Å². The third-order valence-electron chi connectivity index (χ3n) is 4.73. The number of benzene rings is 2. The number of ether oxygens (including phenoxy) is 2. The Kier molecular flexibility index (Phi) is 5.87. The minimum Gasteiger partial charge on any atom is -0.475 e. The van der Waals surface area contributed by atoms with E-state index in [1.807, 2.05) is 32.0 Å². The van der Waals surface area contributed by atoms with Crippen LogP contribution in [0.5, 0.6) is 5.75 Å². The number of rotatable bonds is 4. The molecule has 2 aromatic carbocycles. The average molecular weight is 396 g/mol. The van der Waals surface area contributed by atoms with Gasteiger partial charge in [0, 0.05) is 12.6 Å². The highest BCUT2D eigenvalue weighted by Gasteiger charge is 2.35. The summed E-state index contributed by atoms with van der Waals surface area (Å²) in [4.78, 5) is 38.5. The molecule has 7 heteroatoms. The van der Waals surface area contributed by atoms with E-state index in [9.17, 15) is 14.4 Å². The molecule has 1 N–H and O–H groups in total. The first-order chi connectivity index (χ1) is 13.8. The highest BCUT2D eigenvalue weighted by Crippen LogP contribution is 2.33. The second-order valence-corrected chi connectivity index (χ2v) is 7.09. The van der Waals surface area contributed by atoms with Gasteiger partial charge in [-0.1, -0.05) is 24.3 Å². The van der Waals surface area contributed by atoms with Crippen molar-refractivity contribution in [3.8, 4) is 5.75 Å². The van der Waals surface area contributed by atoms with Crippen LogP contribution in [0.25, 0.3) is 0 Å². The lowest BCUT2D eigenvalue weighted by Crippen LogP contribution is -2.48. The van der Waals surface area contributed by atoms with Gasteiger partial charge >= 0.3 is 5.97 Å². The lowest BCUT2D eigenvalue weighted by molar-refractivity contribution is -0.160. The number of anilines is 2. The third-order valence-corrected chi connectivity index (χ3v) is 4.73. The molecule has 2 amide bonds. The standard InChI is InChI=1S/C22H24N2O5/c1-13-9-10-14(2)17(11-13)23-21(26)15(3)28-22(27)20-12-24(16(4)25)18-7-5-6-8-19(18)29-20/h5-11,15,20H,12H2,1-4H3,(H,23,26)/t15-,20+/m1/s1. The molecule has 0 radical (unpaired) electrons. The van der Waals surface area contributed by atoms with Crippen LogP contribution in [0.3, 0.4) is 0 Å². The summed E-state index contributed by atoms with van der Waals surface area (Å²) in [5.41, 5.74) is 3.19. The molecule has 3 rings (SSSR count). The fourth-order valence-electron chi connectivity index (χ4n) is 3.06. The first-order valence-electron chi connectivity index (χ1n) is 9.38. The Morgan fingerprint density at radius 3 is 2.62 bits per heavy atom. The van der Waals surface area contributed by atoms with Crippen LogP contribution in [0.4, 0.5) is 11.4 Å². The zero-order chi connectivity index (χ0) is 21.1. The van der Waals surface area contributed by atoms with Gasteiger partial charge in [0.2, 0.25) is 12.0 Å². The van der Waals surface area contributed by atoms with Crippen molar-refractivity contribution in [1.29, 1.82) is 0 Å². The number of esters is 1. The molecule has 0 saturated carbocycles. The zero-order valence-corrected chi connectivity index (χ0v) is 16.9. The number of hydrogen-bond acceptors (Lipinski definition) is 5. The molecule has 2 atom stereocenters. The van der Waals surface area contributed by atoms with Crippen molar-refractivity contribution in [2.75, 3.05) is 16.8 Å². The molecule has 0 bridgehead atoms. The van der Waals surface area contributed by atoms with Crippen molar-refractivity contribution >= 4 is 29.2 Å². The van der Waals surface area contributed by atoms with Crippen LogP contribution in [0.1, 0.15) is 25.0 Å². The predicted octanol–water partition coefficient (Wildman–Crippen LogP) is 2.99. The molecular formula is C22H24N2O5. The lowest BCUT2D eigenvalue weighted by Gasteiger charge is -2.33. The number of carbonyl (C=O) groups excluding carboxylic acids is 3. The number of aryl methyl sites for hydroxylation is 2. The first kappa shape index (κ1) is 20.4. The van der Waals surface area contributed by atoms with E-state index >= 15 is 0 Å².